The van der Waals surface area contributed by atoms with Crippen LogP contribution in [0.15, 0.2) is 18.2 Å². The van der Waals surface area contributed by atoms with Crippen molar-refractivity contribution in [2.24, 2.45) is 5.73 Å². The lowest BCUT2D eigenvalue weighted by molar-refractivity contribution is 0.0115. The van der Waals surface area contributed by atoms with E-state index in [2.05, 4.69) is 12.1 Å². The second-order valence-electron chi connectivity index (χ2n) is 5.70. The molecule has 1 atom stereocenters. The molecule has 100 valence electrons. The maximum Gasteiger partial charge on any atom is 0.125 e. The van der Waals surface area contributed by atoms with Crippen LogP contribution in [0.3, 0.4) is 0 Å². The van der Waals surface area contributed by atoms with Crippen LogP contribution in [0.4, 0.5) is 0 Å². The molecule has 0 bridgehead atoms. The van der Waals surface area contributed by atoms with Gasteiger partial charge in [0.05, 0.1) is 6.10 Å². The largest absolute Gasteiger partial charge is 0.487 e. The smallest absolute Gasteiger partial charge is 0.125 e. The first-order valence-corrected chi connectivity index (χ1v) is 6.72. The number of rotatable bonds is 4. The monoisotopic (exact) mass is 249 g/mol. The van der Waals surface area contributed by atoms with E-state index in [9.17, 15) is 5.11 Å². The van der Waals surface area contributed by atoms with Gasteiger partial charge in [-0.2, -0.15) is 0 Å². The fourth-order valence-electron chi connectivity index (χ4n) is 2.50. The highest BCUT2D eigenvalue weighted by Gasteiger charge is 2.32. The molecule has 3 nitrogen and oxygen atoms in total. The maximum atomic E-state index is 10.2. The highest BCUT2D eigenvalue weighted by Crippen LogP contribution is 2.39. The predicted molar refractivity (Wildman–Crippen MR) is 72.7 cm³/mol. The van der Waals surface area contributed by atoms with Crippen LogP contribution in [-0.4, -0.2) is 17.3 Å². The summed E-state index contributed by atoms with van der Waals surface area (Å²) in [6.07, 6.45) is 3.38. The molecule has 0 fully saturated rings. The molecule has 1 aromatic rings. The van der Waals surface area contributed by atoms with Crippen LogP contribution in [0.5, 0.6) is 5.75 Å². The number of aryl methyl sites for hydroxylation is 1. The van der Waals surface area contributed by atoms with Crippen molar-refractivity contribution in [2.75, 3.05) is 6.54 Å². The Morgan fingerprint density at radius 2 is 2.17 bits per heavy atom. The van der Waals surface area contributed by atoms with E-state index in [1.54, 1.807) is 0 Å². The molecule has 0 aliphatic carbocycles. The zero-order valence-electron chi connectivity index (χ0n) is 11.3. The van der Waals surface area contributed by atoms with E-state index in [4.69, 9.17) is 10.5 Å². The van der Waals surface area contributed by atoms with Gasteiger partial charge < -0.3 is 15.6 Å². The van der Waals surface area contributed by atoms with E-state index in [1.165, 1.54) is 5.56 Å². The SMILES string of the molecule is CC1(C)CC(O)c2cc(CCCCN)ccc2O1. The second-order valence-corrected chi connectivity index (χ2v) is 5.70. The Hall–Kier alpha value is -1.06. The molecule has 1 heterocycles. The van der Waals surface area contributed by atoms with Gasteiger partial charge in [0, 0.05) is 12.0 Å². The third-order valence-electron chi connectivity index (χ3n) is 3.42. The molecule has 3 heteroatoms. The summed E-state index contributed by atoms with van der Waals surface area (Å²) in [6, 6.07) is 6.15. The minimum Gasteiger partial charge on any atom is -0.487 e. The lowest BCUT2D eigenvalue weighted by Crippen LogP contribution is -2.34. The molecule has 0 aromatic heterocycles. The van der Waals surface area contributed by atoms with E-state index in [0.29, 0.717) is 6.42 Å². The Labute approximate surface area is 109 Å². The first kappa shape index (κ1) is 13.4. The normalized spacial score (nSPS) is 21.2. The first-order valence-electron chi connectivity index (χ1n) is 6.72. The summed E-state index contributed by atoms with van der Waals surface area (Å²) in [5, 5.41) is 10.2. The molecule has 0 saturated heterocycles. The van der Waals surface area contributed by atoms with Crippen LogP contribution in [0.2, 0.25) is 0 Å². The van der Waals surface area contributed by atoms with Crippen LogP contribution >= 0.6 is 0 Å². The van der Waals surface area contributed by atoms with Gasteiger partial charge in [-0.15, -0.1) is 0 Å². The van der Waals surface area contributed by atoms with Crippen molar-refractivity contribution in [1.29, 1.82) is 0 Å². The van der Waals surface area contributed by atoms with E-state index in [0.717, 1.165) is 37.1 Å². The lowest BCUT2D eigenvalue weighted by Gasteiger charge is -2.35. The van der Waals surface area contributed by atoms with Crippen molar-refractivity contribution in [1.82, 2.24) is 0 Å². The third kappa shape index (κ3) is 3.03. The van der Waals surface area contributed by atoms with Crippen LogP contribution < -0.4 is 10.5 Å². The standard InChI is InChI=1S/C15H23NO2/c1-15(2)10-13(17)12-9-11(5-3-4-8-16)6-7-14(12)18-15/h6-7,9,13,17H,3-5,8,10,16H2,1-2H3. The molecule has 3 N–H and O–H groups in total. The van der Waals surface area contributed by atoms with Crippen molar-refractivity contribution < 1.29 is 9.84 Å². The minimum absolute atomic E-state index is 0.284. The van der Waals surface area contributed by atoms with E-state index < -0.39 is 6.10 Å². The summed E-state index contributed by atoms with van der Waals surface area (Å²) in [5.41, 5.74) is 7.40. The van der Waals surface area contributed by atoms with Crippen LogP contribution in [0.1, 0.15) is 50.3 Å². The van der Waals surface area contributed by atoms with Crippen molar-refractivity contribution in [3.63, 3.8) is 0 Å². The number of aliphatic hydroxyl groups is 1. The Bertz CT molecular complexity index is 415. The van der Waals surface area contributed by atoms with Gasteiger partial charge in [-0.1, -0.05) is 6.07 Å². The highest BCUT2D eigenvalue weighted by atomic mass is 16.5. The molecule has 0 spiro atoms. The van der Waals surface area contributed by atoms with Crippen LogP contribution in [0, 0.1) is 0 Å². The van der Waals surface area contributed by atoms with E-state index >= 15 is 0 Å². The summed E-state index contributed by atoms with van der Waals surface area (Å²) in [7, 11) is 0. The number of unbranched alkanes of at least 4 members (excludes halogenated alkanes) is 1. The highest BCUT2D eigenvalue weighted by molar-refractivity contribution is 5.41. The Morgan fingerprint density at radius 1 is 1.39 bits per heavy atom. The van der Waals surface area contributed by atoms with Crippen LogP contribution in [-0.2, 0) is 6.42 Å². The summed E-state index contributed by atoms with van der Waals surface area (Å²) in [4.78, 5) is 0. The van der Waals surface area contributed by atoms with Crippen molar-refractivity contribution in [2.45, 2.75) is 51.2 Å². The molecule has 0 amide bonds. The van der Waals surface area contributed by atoms with Gasteiger partial charge >= 0.3 is 0 Å². The van der Waals surface area contributed by atoms with E-state index in [1.807, 2.05) is 19.9 Å². The average Bonchev–Trinajstić information content (AvgIpc) is 2.29. The van der Waals surface area contributed by atoms with Gasteiger partial charge in [0.1, 0.15) is 11.4 Å². The minimum atomic E-state index is -0.418. The van der Waals surface area contributed by atoms with Gasteiger partial charge in [0.2, 0.25) is 0 Å². The Morgan fingerprint density at radius 3 is 2.89 bits per heavy atom. The molecular weight excluding hydrogens is 226 g/mol. The fourth-order valence-corrected chi connectivity index (χ4v) is 2.50. The van der Waals surface area contributed by atoms with Gasteiger partial charge in [-0.25, -0.2) is 0 Å². The van der Waals surface area contributed by atoms with Crippen LogP contribution in [0.25, 0.3) is 0 Å². The van der Waals surface area contributed by atoms with Gasteiger partial charge in [0.25, 0.3) is 0 Å². The molecule has 0 radical (unpaired) electrons. The number of hydrogen-bond donors (Lipinski definition) is 2. The van der Waals surface area contributed by atoms with Gasteiger partial charge in [-0.3, -0.25) is 0 Å². The lowest BCUT2D eigenvalue weighted by atomic mass is 9.90. The Kier molecular flexibility index (Phi) is 3.93. The number of nitrogens with two attached hydrogens (primary N) is 1. The van der Waals surface area contributed by atoms with Gasteiger partial charge in [0.15, 0.2) is 0 Å². The maximum absolute atomic E-state index is 10.2. The quantitative estimate of drug-likeness (QED) is 0.806. The fraction of sp³-hybridized carbons (Fsp3) is 0.600. The Balaban J connectivity index is 2.14. The molecule has 1 aromatic carbocycles. The number of ether oxygens (including phenoxy) is 1. The zero-order valence-corrected chi connectivity index (χ0v) is 11.3. The molecule has 1 aliphatic heterocycles. The van der Waals surface area contributed by atoms with E-state index in [-0.39, 0.29) is 5.60 Å². The number of aliphatic hydroxyl groups excluding tert-OH is 1. The molecule has 1 aliphatic rings. The summed E-state index contributed by atoms with van der Waals surface area (Å²) in [5.74, 6) is 0.821. The van der Waals surface area contributed by atoms with Crippen molar-refractivity contribution in [3.8, 4) is 5.75 Å². The molecule has 18 heavy (non-hydrogen) atoms. The molecular formula is C15H23NO2. The molecule has 0 saturated carbocycles. The predicted octanol–water partition coefficient (Wildman–Crippen LogP) is 2.56. The summed E-state index contributed by atoms with van der Waals surface area (Å²) < 4.78 is 5.89. The molecule has 1 unspecified atom stereocenters. The summed E-state index contributed by atoms with van der Waals surface area (Å²) >= 11 is 0. The third-order valence-corrected chi connectivity index (χ3v) is 3.42. The van der Waals surface area contributed by atoms with Crippen molar-refractivity contribution in [3.05, 3.63) is 29.3 Å². The summed E-state index contributed by atoms with van der Waals surface area (Å²) in [6.45, 7) is 4.76. The topological polar surface area (TPSA) is 55.5 Å². The number of benzene rings is 1. The van der Waals surface area contributed by atoms with Crippen molar-refractivity contribution >= 4 is 0 Å². The first-order chi connectivity index (χ1) is 8.52. The number of fused-ring (bicyclic) bond motifs is 1. The second kappa shape index (κ2) is 5.29. The average molecular weight is 249 g/mol. The zero-order chi connectivity index (χ0) is 13.2. The van der Waals surface area contributed by atoms with Gasteiger partial charge in [-0.05, 0) is 57.4 Å². The number of hydrogen-bond acceptors (Lipinski definition) is 3. The molecule has 2 rings (SSSR count).